The topological polar surface area (TPSA) is 18.5 Å². The summed E-state index contributed by atoms with van der Waals surface area (Å²) in [5.41, 5.74) is 0. The molecule has 0 aromatic carbocycles. The van der Waals surface area contributed by atoms with Gasteiger partial charge in [-0.3, -0.25) is 0 Å². The molecule has 0 atom stereocenters. The van der Waals surface area contributed by atoms with E-state index in [1.807, 2.05) is 0 Å². The van der Waals surface area contributed by atoms with Crippen LogP contribution in [0.5, 0.6) is 0 Å². The average molecular weight is 90.0 g/mol. The van der Waals surface area contributed by atoms with Crippen LogP contribution < -0.4 is 0 Å². The molecule has 0 bridgehead atoms. The first kappa shape index (κ1) is 2.98. The van der Waals surface area contributed by atoms with Gasteiger partial charge in [-0.15, -0.1) is 0 Å². The lowest BCUT2D eigenvalue weighted by atomic mass is 11.1. The van der Waals surface area contributed by atoms with Crippen LogP contribution in [-0.4, -0.2) is 0 Å². The molecule has 1 heterocycles. The van der Waals surface area contributed by atoms with E-state index in [1.165, 1.54) is 12.5 Å². The van der Waals surface area contributed by atoms with Gasteiger partial charge in [-0.2, -0.15) is 0 Å². The molecular formula is C2H3O2P. The van der Waals surface area contributed by atoms with E-state index >= 15 is 0 Å². The van der Waals surface area contributed by atoms with E-state index in [0.717, 1.165) is 0 Å². The molecule has 0 saturated heterocycles. The molecule has 2 nitrogen and oxygen atoms in total. The summed E-state index contributed by atoms with van der Waals surface area (Å²) in [6.45, 7) is 0. The molecule has 0 amide bonds. The zero-order valence-corrected chi connectivity index (χ0v) is 3.47. The normalized spacial score (nSPS) is 17.6. The van der Waals surface area contributed by atoms with Crippen LogP contribution >= 0.6 is 9.03 Å². The molecule has 1 rings (SSSR count). The highest BCUT2D eigenvalue weighted by molar-refractivity contribution is 7.26. The van der Waals surface area contributed by atoms with E-state index in [1.54, 1.807) is 0 Å². The van der Waals surface area contributed by atoms with Crippen LogP contribution in [0.25, 0.3) is 0 Å². The average Bonchev–Trinajstić information content (AvgIpc) is 1.76. The number of hydrogen-bond donors (Lipinski definition) is 0. The van der Waals surface area contributed by atoms with Crippen molar-refractivity contribution in [3.05, 3.63) is 12.5 Å². The zero-order chi connectivity index (χ0) is 3.54. The molecular weight excluding hydrogens is 87.0 g/mol. The number of rotatable bonds is 0. The quantitative estimate of drug-likeness (QED) is 0.413. The predicted molar refractivity (Wildman–Crippen MR) is 19.6 cm³/mol. The highest BCUT2D eigenvalue weighted by Gasteiger charge is 1.84. The van der Waals surface area contributed by atoms with Gasteiger partial charge in [-0.25, -0.2) is 0 Å². The molecule has 1 aliphatic rings. The standard InChI is InChI=1S/C2H3O2P/c1-2-4-5-3-1/h1-2,5H. The van der Waals surface area contributed by atoms with Gasteiger partial charge >= 0.3 is 0 Å². The van der Waals surface area contributed by atoms with E-state index in [2.05, 4.69) is 9.05 Å². The molecule has 0 radical (unpaired) electrons. The summed E-state index contributed by atoms with van der Waals surface area (Å²) in [4.78, 5) is 0. The van der Waals surface area contributed by atoms with E-state index in [4.69, 9.17) is 0 Å². The summed E-state index contributed by atoms with van der Waals surface area (Å²) >= 11 is 0. The van der Waals surface area contributed by atoms with Crippen molar-refractivity contribution in [1.29, 1.82) is 0 Å². The Morgan fingerprint density at radius 2 is 1.80 bits per heavy atom. The third-order valence-electron chi connectivity index (χ3n) is 0.288. The fourth-order valence-electron chi connectivity index (χ4n) is 0.139. The van der Waals surface area contributed by atoms with Crippen molar-refractivity contribution in [3.63, 3.8) is 0 Å². The second-order valence-electron chi connectivity index (χ2n) is 0.591. The van der Waals surface area contributed by atoms with Gasteiger partial charge in [0.2, 0.25) is 0 Å². The lowest BCUT2D eigenvalue weighted by molar-refractivity contribution is 0.505. The fourth-order valence-corrected chi connectivity index (χ4v) is 0.417. The minimum absolute atomic E-state index is 0.198. The minimum atomic E-state index is 0.198. The van der Waals surface area contributed by atoms with Gasteiger partial charge < -0.3 is 9.05 Å². The van der Waals surface area contributed by atoms with Gasteiger partial charge in [0.15, 0.2) is 0 Å². The van der Waals surface area contributed by atoms with E-state index < -0.39 is 0 Å². The lowest BCUT2D eigenvalue weighted by Crippen LogP contribution is -1.40. The Balaban J connectivity index is 2.32. The Morgan fingerprint density at radius 3 is 2.00 bits per heavy atom. The van der Waals surface area contributed by atoms with Crippen molar-refractivity contribution < 1.29 is 9.05 Å². The fraction of sp³-hybridized carbons (Fsp3) is 0. The molecule has 3 heteroatoms. The molecule has 28 valence electrons. The third kappa shape index (κ3) is 0.519. The first-order valence-corrected chi connectivity index (χ1v) is 2.03. The highest BCUT2D eigenvalue weighted by atomic mass is 31.1. The minimum Gasteiger partial charge on any atom is -0.445 e. The van der Waals surface area contributed by atoms with E-state index in [-0.39, 0.29) is 9.03 Å². The smallest absolute Gasteiger partial charge is 0.274 e. The van der Waals surface area contributed by atoms with Gasteiger partial charge in [0, 0.05) is 0 Å². The van der Waals surface area contributed by atoms with Gasteiger partial charge in [0.25, 0.3) is 9.03 Å². The Bertz CT molecular complexity index is 45.6. The first-order chi connectivity index (χ1) is 2.50. The lowest BCUT2D eigenvalue weighted by Gasteiger charge is -1.79. The Morgan fingerprint density at radius 1 is 1.20 bits per heavy atom. The largest absolute Gasteiger partial charge is 0.445 e. The van der Waals surface area contributed by atoms with Gasteiger partial charge in [-0.1, -0.05) is 0 Å². The van der Waals surface area contributed by atoms with Crippen molar-refractivity contribution >= 4 is 9.03 Å². The Kier molecular flexibility index (Phi) is 0.758. The van der Waals surface area contributed by atoms with Crippen LogP contribution in [0.15, 0.2) is 12.5 Å². The van der Waals surface area contributed by atoms with Gasteiger partial charge in [0.05, 0.1) is 0 Å². The summed E-state index contributed by atoms with van der Waals surface area (Å²) in [5, 5.41) is 0. The molecule has 0 aliphatic carbocycles. The highest BCUT2D eigenvalue weighted by Crippen LogP contribution is 2.19. The summed E-state index contributed by atoms with van der Waals surface area (Å²) in [6.07, 6.45) is 3.05. The molecule has 0 saturated carbocycles. The molecule has 0 aromatic rings. The summed E-state index contributed by atoms with van der Waals surface area (Å²) in [6, 6.07) is 0. The van der Waals surface area contributed by atoms with Crippen molar-refractivity contribution in [2.24, 2.45) is 0 Å². The Hall–Kier alpha value is -0.230. The monoisotopic (exact) mass is 90.0 g/mol. The van der Waals surface area contributed by atoms with Crippen LogP contribution in [0.1, 0.15) is 0 Å². The maximum absolute atomic E-state index is 4.57. The maximum Gasteiger partial charge on any atom is 0.274 e. The van der Waals surface area contributed by atoms with Crippen LogP contribution in [0, 0.1) is 0 Å². The van der Waals surface area contributed by atoms with Crippen molar-refractivity contribution in [2.45, 2.75) is 0 Å². The molecule has 5 heavy (non-hydrogen) atoms. The third-order valence-corrected chi connectivity index (χ3v) is 0.752. The van der Waals surface area contributed by atoms with E-state index in [0.29, 0.717) is 0 Å². The summed E-state index contributed by atoms with van der Waals surface area (Å²) in [7, 11) is 0.198. The van der Waals surface area contributed by atoms with Gasteiger partial charge in [0.1, 0.15) is 12.5 Å². The van der Waals surface area contributed by atoms with Crippen molar-refractivity contribution in [1.82, 2.24) is 0 Å². The number of hydrogen-bond acceptors (Lipinski definition) is 2. The second kappa shape index (κ2) is 1.27. The molecule has 0 unspecified atom stereocenters. The first-order valence-electron chi connectivity index (χ1n) is 1.21. The van der Waals surface area contributed by atoms with Crippen LogP contribution in [-0.2, 0) is 9.05 Å². The van der Waals surface area contributed by atoms with Crippen molar-refractivity contribution in [3.8, 4) is 0 Å². The van der Waals surface area contributed by atoms with Crippen LogP contribution in [0.3, 0.4) is 0 Å². The molecule has 0 N–H and O–H groups in total. The SMILES string of the molecule is C1=COPO1. The molecule has 1 aliphatic heterocycles. The zero-order valence-electron chi connectivity index (χ0n) is 2.47. The maximum atomic E-state index is 4.57. The molecule has 0 aromatic heterocycles. The Labute approximate surface area is 31.7 Å². The van der Waals surface area contributed by atoms with E-state index in [9.17, 15) is 0 Å². The summed E-state index contributed by atoms with van der Waals surface area (Å²) in [5.74, 6) is 0. The van der Waals surface area contributed by atoms with Gasteiger partial charge in [-0.05, 0) is 0 Å². The molecule has 0 spiro atoms. The van der Waals surface area contributed by atoms with Crippen LogP contribution in [0.2, 0.25) is 0 Å². The van der Waals surface area contributed by atoms with Crippen LogP contribution in [0.4, 0.5) is 0 Å². The summed E-state index contributed by atoms with van der Waals surface area (Å²) < 4.78 is 9.14. The van der Waals surface area contributed by atoms with Crippen molar-refractivity contribution in [2.75, 3.05) is 0 Å². The molecule has 0 fully saturated rings. The second-order valence-corrected chi connectivity index (χ2v) is 1.23. The predicted octanol–water partition coefficient (Wildman–Crippen LogP) is 1.01.